The average molecular weight is 224 g/mol. The average Bonchev–Trinajstić information content (AvgIpc) is 2.61. The number of rotatable bonds is 2. The van der Waals surface area contributed by atoms with Crippen molar-refractivity contribution in [2.75, 3.05) is 0 Å². The second kappa shape index (κ2) is 3.53. The zero-order valence-electron chi connectivity index (χ0n) is 9.17. The van der Waals surface area contributed by atoms with Gasteiger partial charge in [-0.05, 0) is 18.6 Å². The van der Waals surface area contributed by atoms with E-state index in [1.165, 1.54) is 0 Å². The summed E-state index contributed by atoms with van der Waals surface area (Å²) >= 11 is 5.89. The Labute approximate surface area is 94.3 Å². The van der Waals surface area contributed by atoms with Gasteiger partial charge >= 0.3 is 0 Å². The molecule has 1 aromatic carbocycles. The molecule has 0 atom stereocenters. The number of nitrogens with zero attached hydrogens (tertiary/aromatic N) is 1. The highest BCUT2D eigenvalue weighted by Crippen LogP contribution is 2.29. The van der Waals surface area contributed by atoms with Crippen LogP contribution in [0.4, 0.5) is 0 Å². The van der Waals surface area contributed by atoms with Gasteiger partial charge in [-0.2, -0.15) is 0 Å². The van der Waals surface area contributed by atoms with Crippen molar-refractivity contribution < 1.29 is 4.42 Å². The van der Waals surface area contributed by atoms with Crippen LogP contribution in [-0.4, -0.2) is 4.98 Å². The number of aromatic nitrogens is 1. The molecule has 0 bridgehead atoms. The molecule has 1 aromatic heterocycles. The van der Waals surface area contributed by atoms with E-state index in [4.69, 9.17) is 16.0 Å². The first-order chi connectivity index (χ1) is 7.03. The van der Waals surface area contributed by atoms with Crippen LogP contribution < -0.4 is 0 Å². The Bertz CT molecular complexity index is 487. The third-order valence-corrected chi connectivity index (χ3v) is 3.05. The van der Waals surface area contributed by atoms with Crippen molar-refractivity contribution in [1.29, 1.82) is 0 Å². The van der Waals surface area contributed by atoms with Gasteiger partial charge in [-0.3, -0.25) is 0 Å². The van der Waals surface area contributed by atoms with Crippen LogP contribution in [0.25, 0.3) is 11.1 Å². The van der Waals surface area contributed by atoms with E-state index in [9.17, 15) is 0 Å². The fourth-order valence-electron chi connectivity index (χ4n) is 1.34. The second-order valence-electron chi connectivity index (χ2n) is 4.37. The topological polar surface area (TPSA) is 26.0 Å². The van der Waals surface area contributed by atoms with Crippen molar-refractivity contribution in [1.82, 2.24) is 4.98 Å². The van der Waals surface area contributed by atoms with Gasteiger partial charge in [-0.15, -0.1) is 0 Å². The Morgan fingerprint density at radius 1 is 1.40 bits per heavy atom. The molecule has 2 nitrogen and oxygen atoms in total. The van der Waals surface area contributed by atoms with E-state index in [2.05, 4.69) is 25.8 Å². The van der Waals surface area contributed by atoms with Gasteiger partial charge < -0.3 is 4.42 Å². The second-order valence-corrected chi connectivity index (χ2v) is 4.80. The summed E-state index contributed by atoms with van der Waals surface area (Å²) in [5.74, 6) is 0.780. The van der Waals surface area contributed by atoms with Crippen molar-refractivity contribution in [3.05, 3.63) is 29.1 Å². The van der Waals surface area contributed by atoms with E-state index in [1.807, 2.05) is 12.1 Å². The molecule has 0 spiro atoms. The third-order valence-electron chi connectivity index (χ3n) is 2.81. The lowest BCUT2D eigenvalue weighted by atomic mass is 9.90. The standard InChI is InChI=1S/C12H14ClNO/c1-4-12(2,3)11-14-9-6-5-8(13)7-10(9)15-11/h5-7H,4H2,1-3H3. The lowest BCUT2D eigenvalue weighted by Crippen LogP contribution is -2.15. The number of hydrogen-bond donors (Lipinski definition) is 0. The molecule has 1 heterocycles. The Kier molecular flexibility index (Phi) is 2.47. The molecule has 0 N–H and O–H groups in total. The van der Waals surface area contributed by atoms with Crippen LogP contribution in [0.3, 0.4) is 0 Å². The predicted octanol–water partition coefficient (Wildman–Crippen LogP) is 4.17. The predicted molar refractivity (Wildman–Crippen MR) is 62.3 cm³/mol. The quantitative estimate of drug-likeness (QED) is 0.764. The number of benzene rings is 1. The highest BCUT2D eigenvalue weighted by molar-refractivity contribution is 6.31. The Hall–Kier alpha value is -1.02. The van der Waals surface area contributed by atoms with Gasteiger partial charge in [0.2, 0.25) is 5.89 Å². The van der Waals surface area contributed by atoms with Crippen LogP contribution in [0, 0.1) is 0 Å². The Balaban J connectivity index is 2.56. The third kappa shape index (κ3) is 1.86. The number of hydrogen-bond acceptors (Lipinski definition) is 2. The van der Waals surface area contributed by atoms with Crippen LogP contribution in [0.15, 0.2) is 22.6 Å². The largest absolute Gasteiger partial charge is 0.440 e. The minimum Gasteiger partial charge on any atom is -0.440 e. The Morgan fingerprint density at radius 3 is 2.80 bits per heavy atom. The first kappa shape index (κ1) is 10.5. The van der Waals surface area contributed by atoms with Crippen LogP contribution in [0.1, 0.15) is 33.1 Å². The van der Waals surface area contributed by atoms with Crippen LogP contribution in [-0.2, 0) is 5.41 Å². The number of halogens is 1. The van der Waals surface area contributed by atoms with Gasteiger partial charge in [0.25, 0.3) is 0 Å². The monoisotopic (exact) mass is 223 g/mol. The SMILES string of the molecule is CCC(C)(C)c1nc2ccc(Cl)cc2o1. The van der Waals surface area contributed by atoms with E-state index in [-0.39, 0.29) is 5.41 Å². The molecule has 2 rings (SSSR count). The zero-order chi connectivity index (χ0) is 11.1. The van der Waals surface area contributed by atoms with Crippen molar-refractivity contribution in [2.45, 2.75) is 32.6 Å². The van der Waals surface area contributed by atoms with Gasteiger partial charge in [0.1, 0.15) is 5.52 Å². The summed E-state index contributed by atoms with van der Waals surface area (Å²) in [6, 6.07) is 5.52. The van der Waals surface area contributed by atoms with E-state index in [0.717, 1.165) is 23.4 Å². The minimum absolute atomic E-state index is 0.0223. The molecule has 0 fully saturated rings. The molecule has 0 aliphatic heterocycles. The van der Waals surface area contributed by atoms with Gasteiger partial charge in [0.15, 0.2) is 5.58 Å². The molecule has 2 aromatic rings. The van der Waals surface area contributed by atoms with Crippen molar-refractivity contribution in [3.63, 3.8) is 0 Å². The summed E-state index contributed by atoms with van der Waals surface area (Å²) in [4.78, 5) is 4.47. The number of oxazole rings is 1. The Morgan fingerprint density at radius 2 is 2.13 bits per heavy atom. The van der Waals surface area contributed by atoms with Gasteiger partial charge in [-0.1, -0.05) is 32.4 Å². The zero-order valence-corrected chi connectivity index (χ0v) is 9.93. The normalized spacial score (nSPS) is 12.3. The van der Waals surface area contributed by atoms with Crippen LogP contribution >= 0.6 is 11.6 Å². The molecule has 80 valence electrons. The maximum absolute atomic E-state index is 5.89. The van der Waals surface area contributed by atoms with E-state index in [1.54, 1.807) is 6.07 Å². The van der Waals surface area contributed by atoms with E-state index < -0.39 is 0 Å². The molecule has 0 saturated heterocycles. The van der Waals surface area contributed by atoms with Crippen molar-refractivity contribution in [3.8, 4) is 0 Å². The van der Waals surface area contributed by atoms with Gasteiger partial charge in [0.05, 0.1) is 0 Å². The lowest BCUT2D eigenvalue weighted by molar-refractivity contribution is 0.374. The minimum atomic E-state index is -0.0223. The molecule has 0 aliphatic rings. The van der Waals surface area contributed by atoms with Crippen LogP contribution in [0.5, 0.6) is 0 Å². The summed E-state index contributed by atoms with van der Waals surface area (Å²) in [5, 5.41) is 0.680. The molecular formula is C12H14ClNO. The molecule has 0 amide bonds. The summed E-state index contributed by atoms with van der Waals surface area (Å²) < 4.78 is 5.71. The van der Waals surface area contributed by atoms with Crippen molar-refractivity contribution >= 4 is 22.7 Å². The summed E-state index contributed by atoms with van der Waals surface area (Å²) in [6.45, 7) is 6.38. The highest BCUT2D eigenvalue weighted by atomic mass is 35.5. The fourth-order valence-corrected chi connectivity index (χ4v) is 1.50. The molecule has 0 saturated carbocycles. The number of fused-ring (bicyclic) bond motifs is 1. The van der Waals surface area contributed by atoms with E-state index >= 15 is 0 Å². The fraction of sp³-hybridized carbons (Fsp3) is 0.417. The van der Waals surface area contributed by atoms with Crippen LogP contribution in [0.2, 0.25) is 5.02 Å². The summed E-state index contributed by atoms with van der Waals surface area (Å²) in [6.07, 6.45) is 0.994. The van der Waals surface area contributed by atoms with Gasteiger partial charge in [0, 0.05) is 16.5 Å². The lowest BCUT2D eigenvalue weighted by Gasteiger charge is -2.16. The van der Waals surface area contributed by atoms with Gasteiger partial charge in [-0.25, -0.2) is 4.98 Å². The molecule has 0 radical (unpaired) electrons. The molecule has 3 heteroatoms. The summed E-state index contributed by atoms with van der Waals surface area (Å²) in [5.41, 5.74) is 1.61. The smallest absolute Gasteiger partial charge is 0.201 e. The first-order valence-corrected chi connectivity index (χ1v) is 5.47. The maximum Gasteiger partial charge on any atom is 0.201 e. The maximum atomic E-state index is 5.89. The molecule has 0 aliphatic carbocycles. The molecule has 15 heavy (non-hydrogen) atoms. The molecule has 0 unspecified atom stereocenters. The van der Waals surface area contributed by atoms with E-state index in [0.29, 0.717) is 5.02 Å². The van der Waals surface area contributed by atoms with Crippen molar-refractivity contribution in [2.24, 2.45) is 0 Å². The first-order valence-electron chi connectivity index (χ1n) is 5.09. The highest BCUT2D eigenvalue weighted by Gasteiger charge is 2.24. The summed E-state index contributed by atoms with van der Waals surface area (Å²) in [7, 11) is 0. The molecular weight excluding hydrogens is 210 g/mol.